The highest BCUT2D eigenvalue weighted by molar-refractivity contribution is 5.92. The van der Waals surface area contributed by atoms with E-state index >= 15 is 0 Å². The Morgan fingerprint density at radius 2 is 1.95 bits per heavy atom. The van der Waals surface area contributed by atoms with Gasteiger partial charge in [0.2, 0.25) is 0 Å². The summed E-state index contributed by atoms with van der Waals surface area (Å²) in [5, 5.41) is 3.07. The molecule has 0 amide bonds. The lowest BCUT2D eigenvalue weighted by molar-refractivity contribution is 0.611. The predicted octanol–water partition coefficient (Wildman–Crippen LogP) is 3.24. The molecule has 0 fully saturated rings. The van der Waals surface area contributed by atoms with Crippen molar-refractivity contribution in [2.45, 2.75) is 25.8 Å². The van der Waals surface area contributed by atoms with Crippen LogP contribution in [0.3, 0.4) is 0 Å². The van der Waals surface area contributed by atoms with E-state index in [2.05, 4.69) is 22.4 Å². The third kappa shape index (κ3) is 3.21. The fourth-order valence-electron chi connectivity index (χ4n) is 2.63. The number of benzene rings is 2. The summed E-state index contributed by atoms with van der Waals surface area (Å²) < 4.78 is 13.5. The second kappa shape index (κ2) is 5.95. The van der Waals surface area contributed by atoms with Crippen molar-refractivity contribution >= 4 is 11.6 Å². The number of nitrogens with zero attached hydrogens (tertiary/aromatic N) is 1. The summed E-state index contributed by atoms with van der Waals surface area (Å²) in [6.07, 6.45) is 3.50. The highest BCUT2D eigenvalue weighted by atomic mass is 19.1. The van der Waals surface area contributed by atoms with Crippen LogP contribution < -0.4 is 11.1 Å². The minimum absolute atomic E-state index is 0.233. The average molecular weight is 283 g/mol. The fraction of sp³-hybridized carbons (Fsp3) is 0.235. The van der Waals surface area contributed by atoms with E-state index in [0.717, 1.165) is 18.5 Å². The molecule has 0 saturated carbocycles. The van der Waals surface area contributed by atoms with Crippen LogP contribution in [-0.4, -0.2) is 5.96 Å². The monoisotopic (exact) mass is 283 g/mol. The number of hydrogen-bond donors (Lipinski definition) is 2. The van der Waals surface area contributed by atoms with Gasteiger partial charge >= 0.3 is 0 Å². The highest BCUT2D eigenvalue weighted by Gasteiger charge is 2.10. The fourth-order valence-corrected chi connectivity index (χ4v) is 2.63. The lowest BCUT2D eigenvalue weighted by Gasteiger charge is -2.08. The molecule has 21 heavy (non-hydrogen) atoms. The summed E-state index contributed by atoms with van der Waals surface area (Å²) in [5.41, 5.74) is 10.1. The number of nitrogens with one attached hydrogen (secondary N) is 1. The Kier molecular flexibility index (Phi) is 3.86. The number of aliphatic imine (C=N–C) groups is 1. The van der Waals surface area contributed by atoms with Crippen molar-refractivity contribution in [1.29, 1.82) is 0 Å². The Morgan fingerprint density at radius 1 is 1.14 bits per heavy atom. The molecule has 0 saturated heterocycles. The summed E-state index contributed by atoms with van der Waals surface area (Å²) in [7, 11) is 0. The van der Waals surface area contributed by atoms with Gasteiger partial charge in [-0.2, -0.15) is 0 Å². The first-order valence-corrected chi connectivity index (χ1v) is 7.14. The van der Waals surface area contributed by atoms with Crippen molar-refractivity contribution in [1.82, 2.24) is 0 Å². The number of anilines is 1. The minimum atomic E-state index is -0.258. The molecule has 1 aliphatic rings. The van der Waals surface area contributed by atoms with Crippen molar-refractivity contribution < 1.29 is 4.39 Å². The van der Waals surface area contributed by atoms with Crippen LogP contribution in [0.1, 0.15) is 23.1 Å². The maximum Gasteiger partial charge on any atom is 0.193 e. The van der Waals surface area contributed by atoms with E-state index in [1.54, 1.807) is 18.2 Å². The van der Waals surface area contributed by atoms with Gasteiger partial charge in [0.15, 0.2) is 5.96 Å². The summed E-state index contributed by atoms with van der Waals surface area (Å²) in [5.74, 6) is 0.0442. The van der Waals surface area contributed by atoms with Crippen LogP contribution in [0.2, 0.25) is 0 Å². The van der Waals surface area contributed by atoms with Gasteiger partial charge in [0.25, 0.3) is 0 Å². The highest BCUT2D eigenvalue weighted by Crippen LogP contribution is 2.24. The first kappa shape index (κ1) is 13.6. The van der Waals surface area contributed by atoms with E-state index in [0.29, 0.717) is 11.5 Å². The normalized spacial score (nSPS) is 14.0. The number of rotatable bonds is 3. The number of nitrogens with two attached hydrogens (primary N) is 1. The Hall–Kier alpha value is -2.36. The van der Waals surface area contributed by atoms with Crippen LogP contribution in [0, 0.1) is 5.82 Å². The zero-order chi connectivity index (χ0) is 14.7. The molecule has 0 bridgehead atoms. The number of hydrogen-bond acceptors (Lipinski definition) is 1. The van der Waals surface area contributed by atoms with Crippen molar-refractivity contribution in [2.75, 3.05) is 5.32 Å². The number of guanidine groups is 1. The summed E-state index contributed by atoms with van der Waals surface area (Å²) >= 11 is 0. The number of halogens is 1. The van der Waals surface area contributed by atoms with Crippen molar-refractivity contribution in [2.24, 2.45) is 10.7 Å². The topological polar surface area (TPSA) is 50.4 Å². The van der Waals surface area contributed by atoms with Gasteiger partial charge < -0.3 is 11.1 Å². The smallest absolute Gasteiger partial charge is 0.193 e. The second-order valence-electron chi connectivity index (χ2n) is 5.25. The zero-order valence-corrected chi connectivity index (χ0v) is 11.8. The molecule has 4 heteroatoms. The Labute approximate surface area is 123 Å². The summed E-state index contributed by atoms with van der Waals surface area (Å²) in [4.78, 5) is 4.19. The van der Waals surface area contributed by atoms with Crippen molar-refractivity contribution in [3.05, 3.63) is 65.0 Å². The Bertz CT molecular complexity index is 679. The quantitative estimate of drug-likeness (QED) is 0.671. The lowest BCUT2D eigenvalue weighted by atomic mass is 10.1. The van der Waals surface area contributed by atoms with Gasteiger partial charge in [0, 0.05) is 11.3 Å². The molecule has 0 unspecified atom stereocenters. The molecule has 0 spiro atoms. The maximum absolute atomic E-state index is 13.5. The molecular weight excluding hydrogens is 265 g/mol. The van der Waals surface area contributed by atoms with E-state index in [4.69, 9.17) is 5.73 Å². The molecule has 0 heterocycles. The van der Waals surface area contributed by atoms with Crippen LogP contribution in [0.4, 0.5) is 10.1 Å². The molecule has 0 aromatic heterocycles. The summed E-state index contributed by atoms with van der Waals surface area (Å²) in [6, 6.07) is 12.8. The predicted molar refractivity (Wildman–Crippen MR) is 83.8 cm³/mol. The van der Waals surface area contributed by atoms with Crippen LogP contribution >= 0.6 is 0 Å². The maximum atomic E-state index is 13.5. The zero-order valence-electron chi connectivity index (χ0n) is 11.8. The Morgan fingerprint density at radius 3 is 2.81 bits per heavy atom. The van der Waals surface area contributed by atoms with E-state index < -0.39 is 0 Å². The third-order valence-corrected chi connectivity index (χ3v) is 3.75. The van der Waals surface area contributed by atoms with Crippen molar-refractivity contribution in [3.63, 3.8) is 0 Å². The van der Waals surface area contributed by atoms with Crippen molar-refractivity contribution in [3.8, 4) is 0 Å². The van der Waals surface area contributed by atoms with Crippen LogP contribution in [-0.2, 0) is 19.4 Å². The van der Waals surface area contributed by atoms with Gasteiger partial charge in [-0.1, -0.05) is 24.3 Å². The van der Waals surface area contributed by atoms with E-state index in [-0.39, 0.29) is 12.4 Å². The average Bonchev–Trinajstić information content (AvgIpc) is 2.94. The molecule has 0 atom stereocenters. The molecule has 1 aliphatic carbocycles. The lowest BCUT2D eigenvalue weighted by Crippen LogP contribution is -2.22. The van der Waals surface area contributed by atoms with Crippen LogP contribution in [0.5, 0.6) is 0 Å². The van der Waals surface area contributed by atoms with Gasteiger partial charge in [-0.25, -0.2) is 9.38 Å². The SMILES string of the molecule is NC(=NCc1ccccc1F)Nc1ccc2c(c1)CCC2. The molecule has 2 aromatic rings. The van der Waals surface area contributed by atoms with E-state index in [1.165, 1.54) is 23.6 Å². The molecule has 3 nitrogen and oxygen atoms in total. The van der Waals surface area contributed by atoms with Gasteiger partial charge in [-0.05, 0) is 48.6 Å². The Balaban J connectivity index is 1.67. The number of fused-ring (bicyclic) bond motifs is 1. The standard InChI is InChI=1S/C17H18FN3/c18-16-7-2-1-4-14(16)11-20-17(19)21-15-9-8-12-5-3-6-13(12)10-15/h1-2,4,7-10H,3,5-6,11H2,(H3,19,20,21). The molecule has 108 valence electrons. The second-order valence-corrected chi connectivity index (χ2v) is 5.25. The third-order valence-electron chi connectivity index (χ3n) is 3.75. The van der Waals surface area contributed by atoms with Gasteiger partial charge in [0.1, 0.15) is 5.82 Å². The van der Waals surface area contributed by atoms with Crippen LogP contribution in [0.25, 0.3) is 0 Å². The molecule has 3 N–H and O–H groups in total. The van der Waals surface area contributed by atoms with E-state index in [9.17, 15) is 4.39 Å². The molecule has 0 aliphatic heterocycles. The van der Waals surface area contributed by atoms with Crippen LogP contribution in [0.15, 0.2) is 47.5 Å². The first-order chi connectivity index (χ1) is 10.2. The van der Waals surface area contributed by atoms with Gasteiger partial charge in [0.05, 0.1) is 6.54 Å². The molecule has 2 aromatic carbocycles. The molecule has 3 rings (SSSR count). The van der Waals surface area contributed by atoms with Gasteiger partial charge in [-0.15, -0.1) is 0 Å². The van der Waals surface area contributed by atoms with Gasteiger partial charge in [-0.3, -0.25) is 0 Å². The molecular formula is C17H18FN3. The number of aryl methyl sites for hydroxylation is 2. The molecule has 0 radical (unpaired) electrons. The van der Waals surface area contributed by atoms with E-state index in [1.807, 2.05) is 6.07 Å². The minimum Gasteiger partial charge on any atom is -0.370 e. The largest absolute Gasteiger partial charge is 0.370 e. The first-order valence-electron chi connectivity index (χ1n) is 7.14. The summed E-state index contributed by atoms with van der Waals surface area (Å²) in [6.45, 7) is 0.233.